The number of hydrogen-bond donors (Lipinski definition) is 1. The van der Waals surface area contributed by atoms with E-state index in [1.165, 1.54) is 37.7 Å². The highest BCUT2D eigenvalue weighted by atomic mass is 16.6. The number of rotatable bonds is 12. The molecule has 0 bridgehead atoms. The summed E-state index contributed by atoms with van der Waals surface area (Å²) in [4.78, 5) is 25.3. The van der Waals surface area contributed by atoms with Crippen molar-refractivity contribution in [3.8, 4) is 35.1 Å². The van der Waals surface area contributed by atoms with Gasteiger partial charge in [0.05, 0.1) is 33.1 Å². The minimum Gasteiger partial charge on any atom is -0.493 e. The highest BCUT2D eigenvalue weighted by Crippen LogP contribution is 2.31. The second-order valence-electron chi connectivity index (χ2n) is 7.97. The van der Waals surface area contributed by atoms with Crippen molar-refractivity contribution in [3.63, 3.8) is 0 Å². The number of nitrogens with one attached hydrogen (secondary N) is 1. The first kappa shape index (κ1) is 29.1. The fraction of sp³-hybridized carbons (Fsp3) is 0.200. The van der Waals surface area contributed by atoms with Crippen LogP contribution in [-0.2, 0) is 16.1 Å². The Kier molecular flexibility index (Phi) is 10.5. The zero-order chi connectivity index (χ0) is 28.9. The average molecular weight is 542 g/mol. The predicted molar refractivity (Wildman–Crippen MR) is 145 cm³/mol. The van der Waals surface area contributed by atoms with E-state index in [1.807, 2.05) is 19.1 Å². The highest BCUT2D eigenvalue weighted by Gasteiger charge is 2.17. The molecule has 10 heteroatoms. The third-order valence-corrected chi connectivity index (χ3v) is 5.29. The summed E-state index contributed by atoms with van der Waals surface area (Å²) in [5.41, 5.74) is 0.607. The van der Waals surface area contributed by atoms with Gasteiger partial charge in [-0.15, -0.1) is 0 Å². The molecule has 3 aromatic rings. The molecule has 1 aromatic heterocycles. The number of nitriles is 2. The zero-order valence-electron chi connectivity index (χ0n) is 22.2. The topological polar surface area (TPSA) is 144 Å². The van der Waals surface area contributed by atoms with E-state index in [4.69, 9.17) is 23.4 Å². The average Bonchev–Trinajstić information content (AvgIpc) is 3.49. The van der Waals surface area contributed by atoms with Crippen LogP contribution in [0.1, 0.15) is 30.7 Å². The van der Waals surface area contributed by atoms with Crippen LogP contribution in [0.5, 0.6) is 23.0 Å². The second kappa shape index (κ2) is 14.5. The largest absolute Gasteiger partial charge is 0.493 e. The van der Waals surface area contributed by atoms with Gasteiger partial charge in [0, 0.05) is 0 Å². The number of methoxy groups -OCH3 is 1. The maximum Gasteiger partial charge on any atom is 0.354 e. The number of nitrogens with zero attached hydrogens (tertiary/aromatic N) is 2. The molecule has 0 unspecified atom stereocenters. The molecule has 0 atom stereocenters. The third kappa shape index (κ3) is 7.76. The molecule has 0 fully saturated rings. The number of hydrogen-bond acceptors (Lipinski definition) is 9. The van der Waals surface area contributed by atoms with Gasteiger partial charge in [-0.3, -0.25) is 4.79 Å². The van der Waals surface area contributed by atoms with E-state index in [9.17, 15) is 20.1 Å². The normalized spacial score (nSPS) is 11.1. The SMILES string of the molecule is CCOc1ccc(/C=C(\C#N)C(=O)Oc2ccc(/C=C(\C#N)C(=O)NCc3ccco3)cc2OCC)cc1OC. The molecular formula is C30H27N3O7. The van der Waals surface area contributed by atoms with Crippen molar-refractivity contribution in [1.82, 2.24) is 5.32 Å². The maximum absolute atomic E-state index is 12.9. The van der Waals surface area contributed by atoms with Gasteiger partial charge in [0.1, 0.15) is 29.0 Å². The van der Waals surface area contributed by atoms with Crippen molar-refractivity contribution in [3.05, 3.63) is 82.8 Å². The van der Waals surface area contributed by atoms with Gasteiger partial charge in [0.15, 0.2) is 23.0 Å². The summed E-state index contributed by atoms with van der Waals surface area (Å²) in [6.45, 7) is 4.42. The van der Waals surface area contributed by atoms with Crippen LogP contribution in [0.15, 0.2) is 70.4 Å². The first-order valence-electron chi connectivity index (χ1n) is 12.3. The van der Waals surface area contributed by atoms with Gasteiger partial charge in [-0.1, -0.05) is 12.1 Å². The summed E-state index contributed by atoms with van der Waals surface area (Å²) in [6, 6.07) is 16.7. The van der Waals surface area contributed by atoms with Gasteiger partial charge >= 0.3 is 5.97 Å². The molecule has 0 aliphatic rings. The Hall–Kier alpha value is -5.48. The Labute approximate surface area is 231 Å². The second-order valence-corrected chi connectivity index (χ2v) is 7.97. The number of amides is 1. The molecule has 1 amide bonds. The minimum absolute atomic E-state index is 0.0650. The van der Waals surface area contributed by atoms with Crippen molar-refractivity contribution < 1.29 is 33.0 Å². The minimum atomic E-state index is -0.894. The van der Waals surface area contributed by atoms with E-state index in [0.717, 1.165) is 0 Å². The zero-order valence-corrected chi connectivity index (χ0v) is 22.2. The molecule has 0 radical (unpaired) electrons. The lowest BCUT2D eigenvalue weighted by atomic mass is 10.1. The van der Waals surface area contributed by atoms with Crippen LogP contribution >= 0.6 is 0 Å². The summed E-state index contributed by atoms with van der Waals surface area (Å²) in [5.74, 6) is 0.316. The molecule has 204 valence electrons. The molecule has 0 spiro atoms. The molecule has 0 saturated carbocycles. The van der Waals surface area contributed by atoms with E-state index in [1.54, 1.807) is 43.3 Å². The van der Waals surface area contributed by atoms with Crippen LogP contribution in [-0.4, -0.2) is 32.2 Å². The van der Waals surface area contributed by atoms with Gasteiger partial charge in [-0.05, 0) is 73.5 Å². The lowest BCUT2D eigenvalue weighted by Crippen LogP contribution is -2.23. The van der Waals surface area contributed by atoms with Gasteiger partial charge in [-0.25, -0.2) is 4.79 Å². The molecule has 40 heavy (non-hydrogen) atoms. The fourth-order valence-electron chi connectivity index (χ4n) is 3.47. The van der Waals surface area contributed by atoms with E-state index < -0.39 is 11.9 Å². The maximum atomic E-state index is 12.9. The number of carbonyl (C=O) groups is 2. The molecule has 0 saturated heterocycles. The number of benzene rings is 2. The Morgan fingerprint density at radius 3 is 2.10 bits per heavy atom. The van der Waals surface area contributed by atoms with Gasteiger partial charge in [0.25, 0.3) is 5.91 Å². The Balaban J connectivity index is 1.80. The number of furan rings is 1. The van der Waals surface area contributed by atoms with Gasteiger partial charge in [-0.2, -0.15) is 10.5 Å². The summed E-state index contributed by atoms with van der Waals surface area (Å²) in [6.07, 6.45) is 4.24. The quantitative estimate of drug-likeness (QED) is 0.148. The van der Waals surface area contributed by atoms with Crippen LogP contribution in [0.4, 0.5) is 0 Å². The van der Waals surface area contributed by atoms with Crippen LogP contribution < -0.4 is 24.3 Å². The molecular weight excluding hydrogens is 514 g/mol. The van der Waals surface area contributed by atoms with Gasteiger partial charge < -0.3 is 28.7 Å². The van der Waals surface area contributed by atoms with Crippen LogP contribution in [0.2, 0.25) is 0 Å². The van der Waals surface area contributed by atoms with Crippen molar-refractivity contribution in [2.24, 2.45) is 0 Å². The Bertz CT molecular complexity index is 1490. The molecule has 1 heterocycles. The molecule has 1 N–H and O–H groups in total. The monoisotopic (exact) mass is 541 g/mol. The number of esters is 1. The lowest BCUT2D eigenvalue weighted by Gasteiger charge is -2.12. The van der Waals surface area contributed by atoms with E-state index in [2.05, 4.69) is 5.32 Å². The van der Waals surface area contributed by atoms with E-state index in [0.29, 0.717) is 35.0 Å². The van der Waals surface area contributed by atoms with E-state index >= 15 is 0 Å². The summed E-state index contributed by atoms with van der Waals surface area (Å²) >= 11 is 0. The van der Waals surface area contributed by atoms with Crippen LogP contribution in [0.3, 0.4) is 0 Å². The highest BCUT2D eigenvalue weighted by molar-refractivity contribution is 6.02. The van der Waals surface area contributed by atoms with Crippen molar-refractivity contribution in [2.75, 3.05) is 20.3 Å². The van der Waals surface area contributed by atoms with Gasteiger partial charge in [0.2, 0.25) is 0 Å². The molecule has 10 nitrogen and oxygen atoms in total. The Morgan fingerprint density at radius 2 is 1.50 bits per heavy atom. The smallest absolute Gasteiger partial charge is 0.354 e. The fourth-order valence-corrected chi connectivity index (χ4v) is 3.47. The van der Waals surface area contributed by atoms with Crippen molar-refractivity contribution in [1.29, 1.82) is 10.5 Å². The Morgan fingerprint density at radius 1 is 0.875 bits per heavy atom. The number of ether oxygens (including phenoxy) is 4. The summed E-state index contributed by atoms with van der Waals surface area (Å²) < 4.78 is 27.1. The van der Waals surface area contributed by atoms with Crippen molar-refractivity contribution >= 4 is 24.0 Å². The first-order valence-corrected chi connectivity index (χ1v) is 12.3. The standard InChI is InChI=1S/C30H27N3O7/c1-4-37-25-10-8-21(15-27(25)36-3)14-23(18-32)30(35)40-26-11-9-20(16-28(26)38-5-2)13-22(17-31)29(34)33-19-24-7-6-12-39-24/h6-16H,4-5,19H2,1-3H3,(H,33,34)/b22-13+,23-14+. The molecule has 0 aliphatic heterocycles. The molecule has 0 aliphatic carbocycles. The summed E-state index contributed by atoms with van der Waals surface area (Å²) in [7, 11) is 1.49. The molecule has 2 aromatic carbocycles. The number of carbonyl (C=O) groups excluding carboxylic acids is 2. The molecule has 3 rings (SSSR count). The van der Waals surface area contributed by atoms with E-state index in [-0.39, 0.29) is 35.8 Å². The predicted octanol–water partition coefficient (Wildman–Crippen LogP) is 4.82. The third-order valence-electron chi connectivity index (χ3n) is 5.29. The van der Waals surface area contributed by atoms with Crippen molar-refractivity contribution in [2.45, 2.75) is 20.4 Å². The van der Waals surface area contributed by atoms with Crippen LogP contribution in [0, 0.1) is 22.7 Å². The van der Waals surface area contributed by atoms with Crippen LogP contribution in [0.25, 0.3) is 12.2 Å². The summed E-state index contributed by atoms with van der Waals surface area (Å²) in [5, 5.41) is 21.7. The first-order chi connectivity index (χ1) is 19.4. The lowest BCUT2D eigenvalue weighted by molar-refractivity contribution is -0.129.